The molecule has 0 aromatic heterocycles. The lowest BCUT2D eigenvalue weighted by atomic mass is 9.96. The molecule has 1 N–H and O–H groups in total. The highest BCUT2D eigenvalue weighted by atomic mass is 32.2. The van der Waals surface area contributed by atoms with Crippen LogP contribution in [0.15, 0.2) is 34.0 Å². The Morgan fingerprint density at radius 1 is 1.29 bits per heavy atom. The topological polar surface area (TPSA) is 62.0 Å². The van der Waals surface area contributed by atoms with Gasteiger partial charge in [-0.2, -0.15) is 16.8 Å². The average molecular weight is 308 g/mol. The van der Waals surface area contributed by atoms with Gasteiger partial charge in [-0.1, -0.05) is 6.08 Å². The fourth-order valence-electron chi connectivity index (χ4n) is 2.72. The van der Waals surface area contributed by atoms with Gasteiger partial charge in [0.25, 0.3) is 5.91 Å². The van der Waals surface area contributed by atoms with Gasteiger partial charge in [0.15, 0.2) is 0 Å². The summed E-state index contributed by atoms with van der Waals surface area (Å²) in [5.41, 5.74) is 0.449. The second-order valence-electron chi connectivity index (χ2n) is 5.51. The molecule has 0 bridgehead atoms. The lowest BCUT2D eigenvalue weighted by Gasteiger charge is -2.25. The second kappa shape index (κ2) is 6.23. The van der Waals surface area contributed by atoms with Crippen molar-refractivity contribution in [3.05, 3.63) is 24.1 Å². The summed E-state index contributed by atoms with van der Waals surface area (Å²) in [5, 5.41) is 9.96. The van der Waals surface area contributed by atoms with Gasteiger partial charge in [-0.25, -0.2) is 9.38 Å². The highest BCUT2D eigenvalue weighted by molar-refractivity contribution is 8.00. The number of rotatable bonds is 3. The molecule has 21 heavy (non-hydrogen) atoms. The molecule has 0 aromatic rings. The molecular weight excluding hydrogens is 291 g/mol. The van der Waals surface area contributed by atoms with Crippen LogP contribution in [0, 0.1) is 5.92 Å². The Hall–Kier alpha value is -1.27. The van der Waals surface area contributed by atoms with E-state index in [0.29, 0.717) is 22.6 Å². The molecule has 0 spiro atoms. The number of halogens is 1. The van der Waals surface area contributed by atoms with Crippen LogP contribution in [0.3, 0.4) is 0 Å². The summed E-state index contributed by atoms with van der Waals surface area (Å²) in [6.07, 6.45) is 7.54. The van der Waals surface area contributed by atoms with Crippen molar-refractivity contribution < 1.29 is 14.3 Å². The summed E-state index contributed by atoms with van der Waals surface area (Å²) in [6.45, 7) is 0. The molecular formula is C15H17FN2O2S. The van der Waals surface area contributed by atoms with Crippen molar-refractivity contribution in [1.82, 2.24) is 0 Å². The predicted octanol–water partition coefficient (Wildman–Crippen LogP) is 2.44. The van der Waals surface area contributed by atoms with Gasteiger partial charge >= 0.3 is 0 Å². The van der Waals surface area contributed by atoms with Crippen molar-refractivity contribution in [2.24, 2.45) is 15.9 Å². The monoisotopic (exact) mass is 308 g/mol. The first kappa shape index (κ1) is 14.7. The third-order valence-electron chi connectivity index (χ3n) is 3.91. The number of nitrogens with zero attached hydrogens (tertiary/aromatic N) is 2. The number of allylic oxidation sites excluding steroid dienone is 3. The van der Waals surface area contributed by atoms with Crippen molar-refractivity contribution in [1.29, 1.82) is 0 Å². The van der Waals surface area contributed by atoms with Crippen LogP contribution in [0.1, 0.15) is 25.7 Å². The van der Waals surface area contributed by atoms with Gasteiger partial charge in [-0.05, 0) is 37.8 Å². The van der Waals surface area contributed by atoms with E-state index >= 15 is 0 Å². The van der Waals surface area contributed by atoms with E-state index in [1.807, 2.05) is 0 Å². The molecule has 3 rings (SSSR count). The molecule has 1 aliphatic heterocycles. The minimum absolute atomic E-state index is 0.168. The third-order valence-corrected chi connectivity index (χ3v) is 5.28. The SMILES string of the molecule is O=C1N=C(CSC2CCC(O)CC2)N=C2C=C(F)C=CC12. The lowest BCUT2D eigenvalue weighted by molar-refractivity contribution is -0.118. The zero-order valence-corrected chi connectivity index (χ0v) is 12.4. The molecule has 4 nitrogen and oxygen atoms in total. The highest BCUT2D eigenvalue weighted by Gasteiger charge is 2.28. The summed E-state index contributed by atoms with van der Waals surface area (Å²) in [5.74, 6) is -0.144. The van der Waals surface area contributed by atoms with Gasteiger partial charge in [-0.3, -0.25) is 4.79 Å². The summed E-state index contributed by atoms with van der Waals surface area (Å²) in [4.78, 5) is 20.2. The maximum Gasteiger partial charge on any atom is 0.260 e. The van der Waals surface area contributed by atoms with Crippen LogP contribution in [-0.4, -0.2) is 39.7 Å². The van der Waals surface area contributed by atoms with Crippen LogP contribution in [0.2, 0.25) is 0 Å². The Balaban J connectivity index is 1.61. The Kier molecular flexibility index (Phi) is 4.35. The first-order valence-electron chi connectivity index (χ1n) is 7.17. The largest absolute Gasteiger partial charge is 0.393 e. The fourth-order valence-corrected chi connectivity index (χ4v) is 3.84. The molecule has 2 aliphatic carbocycles. The Labute approximate surface area is 126 Å². The van der Waals surface area contributed by atoms with E-state index in [1.165, 1.54) is 18.2 Å². The van der Waals surface area contributed by atoms with Crippen LogP contribution in [0.5, 0.6) is 0 Å². The number of aliphatic hydroxyl groups excluding tert-OH is 1. The second-order valence-corrected chi connectivity index (χ2v) is 6.80. The minimum atomic E-state index is -0.525. The standard InChI is InChI=1S/C15H17FN2O2S/c16-9-1-6-12-13(7-9)17-14(18-15(12)20)8-21-11-4-2-10(19)3-5-11/h1,6-7,10-12,19H,2-5,8H2. The summed E-state index contributed by atoms with van der Waals surface area (Å²) in [6, 6.07) is 0. The molecule has 3 aliphatic rings. The van der Waals surface area contributed by atoms with E-state index < -0.39 is 5.92 Å². The summed E-state index contributed by atoms with van der Waals surface area (Å²) < 4.78 is 13.2. The molecule has 6 heteroatoms. The molecule has 1 fully saturated rings. The molecule has 1 heterocycles. The number of fused-ring (bicyclic) bond motifs is 1. The maximum absolute atomic E-state index is 13.2. The molecule has 1 atom stereocenters. The van der Waals surface area contributed by atoms with Crippen molar-refractivity contribution >= 4 is 29.2 Å². The van der Waals surface area contributed by atoms with Crippen molar-refractivity contribution in [2.45, 2.75) is 37.0 Å². The molecule has 0 saturated heterocycles. The van der Waals surface area contributed by atoms with E-state index in [-0.39, 0.29) is 17.8 Å². The van der Waals surface area contributed by atoms with Crippen LogP contribution in [0.25, 0.3) is 0 Å². The average Bonchev–Trinajstić information content (AvgIpc) is 2.46. The maximum atomic E-state index is 13.2. The van der Waals surface area contributed by atoms with E-state index in [9.17, 15) is 14.3 Å². The highest BCUT2D eigenvalue weighted by Crippen LogP contribution is 2.29. The first-order valence-corrected chi connectivity index (χ1v) is 8.22. The van der Waals surface area contributed by atoms with Crippen LogP contribution in [-0.2, 0) is 4.79 Å². The smallest absolute Gasteiger partial charge is 0.260 e. The number of amides is 1. The number of hydrogen-bond donors (Lipinski definition) is 1. The quantitative estimate of drug-likeness (QED) is 0.871. The Morgan fingerprint density at radius 2 is 2.05 bits per heavy atom. The van der Waals surface area contributed by atoms with E-state index in [2.05, 4.69) is 9.98 Å². The van der Waals surface area contributed by atoms with Gasteiger partial charge in [0.05, 0.1) is 17.6 Å². The fraction of sp³-hybridized carbons (Fsp3) is 0.533. The number of amidine groups is 1. The molecule has 1 saturated carbocycles. The van der Waals surface area contributed by atoms with Crippen LogP contribution >= 0.6 is 11.8 Å². The van der Waals surface area contributed by atoms with E-state index in [1.54, 1.807) is 11.8 Å². The minimum Gasteiger partial charge on any atom is -0.393 e. The molecule has 1 amide bonds. The molecule has 1 unspecified atom stereocenters. The molecule has 112 valence electrons. The van der Waals surface area contributed by atoms with Gasteiger partial charge in [0.2, 0.25) is 0 Å². The number of carbonyl (C=O) groups excluding carboxylic acids is 1. The Bertz CT molecular complexity index is 560. The van der Waals surface area contributed by atoms with Crippen molar-refractivity contribution in [3.63, 3.8) is 0 Å². The first-order chi connectivity index (χ1) is 10.1. The number of thioether (sulfide) groups is 1. The van der Waals surface area contributed by atoms with E-state index in [4.69, 9.17) is 0 Å². The molecule has 0 aromatic carbocycles. The zero-order chi connectivity index (χ0) is 14.8. The zero-order valence-electron chi connectivity index (χ0n) is 11.5. The lowest BCUT2D eigenvalue weighted by Crippen LogP contribution is -2.28. The van der Waals surface area contributed by atoms with Gasteiger partial charge in [0.1, 0.15) is 17.6 Å². The van der Waals surface area contributed by atoms with Crippen LogP contribution < -0.4 is 0 Å². The van der Waals surface area contributed by atoms with Gasteiger partial charge < -0.3 is 5.11 Å². The van der Waals surface area contributed by atoms with Gasteiger partial charge in [0, 0.05) is 5.25 Å². The normalized spacial score (nSPS) is 32.2. The van der Waals surface area contributed by atoms with Crippen molar-refractivity contribution in [3.8, 4) is 0 Å². The summed E-state index contributed by atoms with van der Waals surface area (Å²) in [7, 11) is 0. The van der Waals surface area contributed by atoms with E-state index in [0.717, 1.165) is 25.7 Å². The van der Waals surface area contributed by atoms with Crippen molar-refractivity contribution in [2.75, 3.05) is 5.75 Å². The molecule has 0 radical (unpaired) electrons. The summed E-state index contributed by atoms with van der Waals surface area (Å²) >= 11 is 1.71. The number of carbonyl (C=O) groups is 1. The predicted molar refractivity (Wildman–Crippen MR) is 82.4 cm³/mol. The third kappa shape index (κ3) is 3.49. The number of aliphatic hydroxyl groups is 1. The van der Waals surface area contributed by atoms with Gasteiger partial charge in [-0.15, -0.1) is 0 Å². The van der Waals surface area contributed by atoms with Crippen LogP contribution in [0.4, 0.5) is 4.39 Å². The Morgan fingerprint density at radius 3 is 2.81 bits per heavy atom. The number of hydrogen-bond acceptors (Lipinski definition) is 4. The number of aliphatic imine (C=N–C) groups is 2.